The van der Waals surface area contributed by atoms with Gasteiger partial charge in [0.2, 0.25) is 0 Å². The van der Waals surface area contributed by atoms with Crippen molar-refractivity contribution in [2.24, 2.45) is 5.92 Å². The summed E-state index contributed by atoms with van der Waals surface area (Å²) in [5.74, 6) is 0.887. The van der Waals surface area contributed by atoms with E-state index >= 15 is 0 Å². The van der Waals surface area contributed by atoms with E-state index in [9.17, 15) is 0 Å². The number of hydrogen-bond acceptors (Lipinski definition) is 4. The molecule has 1 aromatic rings. The van der Waals surface area contributed by atoms with E-state index in [2.05, 4.69) is 52.2 Å². The molecule has 0 fully saturated rings. The maximum atomic E-state index is 5.50. The lowest BCUT2D eigenvalue weighted by molar-refractivity contribution is 0.0696. The number of nitrogens with zero attached hydrogens (tertiary/aromatic N) is 1. The molecule has 3 nitrogen and oxygen atoms in total. The lowest BCUT2D eigenvalue weighted by atomic mass is 9.86. The zero-order valence-corrected chi connectivity index (χ0v) is 14.1. The van der Waals surface area contributed by atoms with Gasteiger partial charge in [-0.25, -0.2) is 4.98 Å². The van der Waals surface area contributed by atoms with Crippen LogP contribution in [-0.4, -0.2) is 24.7 Å². The van der Waals surface area contributed by atoms with Gasteiger partial charge in [0.25, 0.3) is 0 Å². The first-order valence-electron chi connectivity index (χ1n) is 7.06. The first-order chi connectivity index (χ1) is 8.83. The van der Waals surface area contributed by atoms with Crippen molar-refractivity contribution in [3.8, 4) is 0 Å². The van der Waals surface area contributed by atoms with Gasteiger partial charge in [-0.2, -0.15) is 0 Å². The van der Waals surface area contributed by atoms with Crippen LogP contribution < -0.4 is 5.32 Å². The van der Waals surface area contributed by atoms with E-state index in [0.717, 1.165) is 5.01 Å². The van der Waals surface area contributed by atoms with Crippen LogP contribution in [0.4, 0.5) is 0 Å². The number of nitrogens with one attached hydrogen (secondary N) is 1. The van der Waals surface area contributed by atoms with E-state index in [-0.39, 0.29) is 5.54 Å². The first kappa shape index (κ1) is 16.6. The highest BCUT2D eigenvalue weighted by Crippen LogP contribution is 2.34. The molecule has 0 radical (unpaired) electrons. The van der Waals surface area contributed by atoms with Crippen molar-refractivity contribution in [1.82, 2.24) is 10.3 Å². The predicted octanol–water partition coefficient (Wildman–Crippen LogP) is 3.76. The van der Waals surface area contributed by atoms with E-state index in [1.807, 2.05) is 0 Å². The van der Waals surface area contributed by atoms with Crippen LogP contribution in [0.5, 0.6) is 0 Å². The minimum atomic E-state index is -0.194. The Labute approximate surface area is 121 Å². The summed E-state index contributed by atoms with van der Waals surface area (Å²) in [4.78, 5) is 4.85. The molecular weight excluding hydrogens is 256 g/mol. The number of aromatic nitrogens is 1. The van der Waals surface area contributed by atoms with E-state index < -0.39 is 0 Å². The fraction of sp³-hybridized carbons (Fsp3) is 0.800. The topological polar surface area (TPSA) is 34.1 Å². The van der Waals surface area contributed by atoms with E-state index in [0.29, 0.717) is 24.5 Å². The average Bonchev–Trinajstić information content (AvgIpc) is 2.76. The second-order valence-corrected chi connectivity index (χ2v) is 6.95. The summed E-state index contributed by atoms with van der Waals surface area (Å²) < 4.78 is 5.50. The van der Waals surface area contributed by atoms with Crippen molar-refractivity contribution in [3.63, 3.8) is 0 Å². The number of thiazole rings is 1. The van der Waals surface area contributed by atoms with Crippen LogP contribution in [0.25, 0.3) is 0 Å². The average molecular weight is 284 g/mol. The molecule has 0 bridgehead atoms. The standard InChI is InChI=1S/C15H28N2OS/c1-10(2)13-8-19-14(16-13)15(9-18-7,11(3)4)17-12(5)6/h8,10-12,17H,9H2,1-7H3. The monoisotopic (exact) mass is 284 g/mol. The Morgan fingerprint density at radius 2 is 1.89 bits per heavy atom. The fourth-order valence-corrected chi connectivity index (χ4v) is 3.52. The molecule has 0 amide bonds. The van der Waals surface area contributed by atoms with E-state index in [1.165, 1.54) is 5.69 Å². The third-order valence-corrected chi connectivity index (χ3v) is 4.44. The molecule has 0 aliphatic heterocycles. The van der Waals surface area contributed by atoms with Crippen molar-refractivity contribution in [2.75, 3.05) is 13.7 Å². The molecule has 1 heterocycles. The third-order valence-electron chi connectivity index (χ3n) is 3.40. The number of methoxy groups -OCH3 is 1. The van der Waals surface area contributed by atoms with E-state index in [4.69, 9.17) is 9.72 Å². The van der Waals surface area contributed by atoms with Gasteiger partial charge >= 0.3 is 0 Å². The first-order valence-corrected chi connectivity index (χ1v) is 7.94. The predicted molar refractivity (Wildman–Crippen MR) is 82.9 cm³/mol. The quantitative estimate of drug-likeness (QED) is 0.828. The molecule has 1 unspecified atom stereocenters. The molecule has 0 aliphatic carbocycles. The highest BCUT2D eigenvalue weighted by molar-refractivity contribution is 7.09. The maximum Gasteiger partial charge on any atom is 0.116 e. The molecule has 1 atom stereocenters. The fourth-order valence-electron chi connectivity index (χ4n) is 2.24. The summed E-state index contributed by atoms with van der Waals surface area (Å²) >= 11 is 1.74. The molecule has 1 N–H and O–H groups in total. The lowest BCUT2D eigenvalue weighted by Crippen LogP contribution is -2.53. The summed E-state index contributed by atoms with van der Waals surface area (Å²) in [7, 11) is 1.76. The van der Waals surface area contributed by atoms with E-state index in [1.54, 1.807) is 18.4 Å². The summed E-state index contributed by atoms with van der Waals surface area (Å²) in [6.45, 7) is 13.8. The van der Waals surface area contributed by atoms with Gasteiger partial charge < -0.3 is 10.1 Å². The Morgan fingerprint density at radius 1 is 1.26 bits per heavy atom. The van der Waals surface area contributed by atoms with Gasteiger partial charge in [-0.15, -0.1) is 11.3 Å². The second kappa shape index (κ2) is 6.82. The van der Waals surface area contributed by atoms with Crippen LogP contribution in [0.1, 0.15) is 58.2 Å². The Morgan fingerprint density at radius 3 is 2.26 bits per heavy atom. The number of hydrogen-bond donors (Lipinski definition) is 1. The highest BCUT2D eigenvalue weighted by atomic mass is 32.1. The van der Waals surface area contributed by atoms with Gasteiger partial charge in [0, 0.05) is 18.5 Å². The highest BCUT2D eigenvalue weighted by Gasteiger charge is 2.39. The van der Waals surface area contributed by atoms with Crippen molar-refractivity contribution in [1.29, 1.82) is 0 Å². The molecule has 0 aromatic carbocycles. The molecule has 1 aromatic heterocycles. The van der Waals surface area contributed by atoms with Crippen molar-refractivity contribution in [2.45, 2.75) is 59.0 Å². The molecule has 0 aliphatic rings. The van der Waals surface area contributed by atoms with Crippen LogP contribution in [0.3, 0.4) is 0 Å². The molecule has 0 saturated carbocycles. The summed E-state index contributed by atoms with van der Waals surface area (Å²) in [6, 6.07) is 0.393. The zero-order chi connectivity index (χ0) is 14.6. The van der Waals surface area contributed by atoms with Gasteiger partial charge in [0.15, 0.2) is 0 Å². The minimum absolute atomic E-state index is 0.194. The van der Waals surface area contributed by atoms with Gasteiger partial charge in [0.1, 0.15) is 5.01 Å². The van der Waals surface area contributed by atoms with Gasteiger partial charge in [-0.1, -0.05) is 27.7 Å². The van der Waals surface area contributed by atoms with Crippen LogP contribution in [0, 0.1) is 5.92 Å². The molecule has 1 rings (SSSR count). The zero-order valence-electron chi connectivity index (χ0n) is 13.3. The molecule has 0 spiro atoms. The van der Waals surface area contributed by atoms with Gasteiger partial charge in [0.05, 0.1) is 17.8 Å². The van der Waals surface area contributed by atoms with Crippen LogP contribution in [-0.2, 0) is 10.3 Å². The Balaban J connectivity index is 3.18. The third kappa shape index (κ3) is 3.77. The van der Waals surface area contributed by atoms with Gasteiger partial charge in [-0.3, -0.25) is 0 Å². The number of ether oxygens (including phenoxy) is 1. The van der Waals surface area contributed by atoms with Crippen molar-refractivity contribution in [3.05, 3.63) is 16.1 Å². The summed E-state index contributed by atoms with van der Waals surface area (Å²) in [6.07, 6.45) is 0. The molecular formula is C15H28N2OS. The molecule has 4 heteroatoms. The SMILES string of the molecule is COCC(NC(C)C)(c1nc(C(C)C)cs1)C(C)C. The Kier molecular flexibility index (Phi) is 5.96. The summed E-state index contributed by atoms with van der Waals surface area (Å²) in [5, 5.41) is 7.00. The smallest absolute Gasteiger partial charge is 0.116 e. The van der Waals surface area contributed by atoms with Crippen molar-refractivity contribution < 1.29 is 4.74 Å². The number of rotatable bonds is 7. The van der Waals surface area contributed by atoms with Crippen LogP contribution >= 0.6 is 11.3 Å². The maximum absolute atomic E-state index is 5.50. The summed E-state index contributed by atoms with van der Waals surface area (Å²) in [5.41, 5.74) is 0.979. The van der Waals surface area contributed by atoms with Crippen molar-refractivity contribution >= 4 is 11.3 Å². The Hall–Kier alpha value is -0.450. The molecule has 110 valence electrons. The second-order valence-electron chi connectivity index (χ2n) is 6.09. The van der Waals surface area contributed by atoms with Crippen LogP contribution in [0.2, 0.25) is 0 Å². The Bertz CT molecular complexity index is 387. The van der Waals surface area contributed by atoms with Gasteiger partial charge in [-0.05, 0) is 25.7 Å². The minimum Gasteiger partial charge on any atom is -0.382 e. The normalized spacial score (nSPS) is 15.5. The lowest BCUT2D eigenvalue weighted by Gasteiger charge is -2.38. The molecule has 19 heavy (non-hydrogen) atoms. The largest absolute Gasteiger partial charge is 0.382 e. The molecule has 0 saturated heterocycles. The van der Waals surface area contributed by atoms with Crippen LogP contribution in [0.15, 0.2) is 5.38 Å².